The van der Waals surface area contributed by atoms with Crippen molar-refractivity contribution in [1.82, 2.24) is 0 Å². The molecule has 1 N–H and O–H groups in total. The normalized spacial score (nSPS) is 12.5. The van der Waals surface area contributed by atoms with Gasteiger partial charge in [-0.2, -0.15) is 0 Å². The molecule has 0 amide bonds. The number of hydrogen-bond acceptors (Lipinski definition) is 2. The van der Waals surface area contributed by atoms with Crippen LogP contribution in [0.25, 0.3) is 0 Å². The summed E-state index contributed by atoms with van der Waals surface area (Å²) in [5.41, 5.74) is 2.05. The van der Waals surface area contributed by atoms with E-state index in [1.165, 1.54) is 18.7 Å². The van der Waals surface area contributed by atoms with Crippen molar-refractivity contribution in [3.63, 3.8) is 0 Å². The van der Waals surface area contributed by atoms with E-state index in [0.29, 0.717) is 17.2 Å². The molecule has 2 nitrogen and oxygen atoms in total. The fourth-order valence-corrected chi connectivity index (χ4v) is 2.43. The smallest absolute Gasteiger partial charge is 0.133 e. The van der Waals surface area contributed by atoms with Crippen LogP contribution in [0, 0.1) is 11.7 Å². The van der Waals surface area contributed by atoms with E-state index in [4.69, 9.17) is 4.74 Å². The van der Waals surface area contributed by atoms with Crippen molar-refractivity contribution in [2.45, 2.75) is 26.4 Å². The number of ether oxygens (including phenoxy) is 1. The predicted molar refractivity (Wildman–Crippen MR) is 82.0 cm³/mol. The lowest BCUT2D eigenvalue weighted by Crippen LogP contribution is -2.05. The van der Waals surface area contributed by atoms with E-state index < -0.39 is 11.9 Å². The van der Waals surface area contributed by atoms with Crippen LogP contribution >= 0.6 is 0 Å². The lowest BCUT2D eigenvalue weighted by molar-refractivity contribution is 0.209. The summed E-state index contributed by atoms with van der Waals surface area (Å²) < 4.78 is 19.1. The Morgan fingerprint density at radius 2 is 1.76 bits per heavy atom. The molecule has 1 unspecified atom stereocenters. The van der Waals surface area contributed by atoms with Gasteiger partial charge in [-0.3, -0.25) is 0 Å². The summed E-state index contributed by atoms with van der Waals surface area (Å²) >= 11 is 0. The van der Waals surface area contributed by atoms with Crippen molar-refractivity contribution in [3.05, 3.63) is 65.0 Å². The SMILES string of the molecule is COc1cccc(F)c1C(O)c1ccc(CC(C)C)cc1. The largest absolute Gasteiger partial charge is 0.496 e. The summed E-state index contributed by atoms with van der Waals surface area (Å²) in [4.78, 5) is 0. The van der Waals surface area contributed by atoms with Crippen molar-refractivity contribution >= 4 is 0 Å². The van der Waals surface area contributed by atoms with E-state index in [-0.39, 0.29) is 5.56 Å². The standard InChI is InChI=1S/C18H21FO2/c1-12(2)11-13-7-9-14(10-8-13)18(20)17-15(19)5-4-6-16(17)21-3/h4-10,12,18,20H,11H2,1-3H3. The van der Waals surface area contributed by atoms with Crippen LogP contribution in [0.3, 0.4) is 0 Å². The Hall–Kier alpha value is -1.87. The van der Waals surface area contributed by atoms with Gasteiger partial charge in [-0.25, -0.2) is 4.39 Å². The third kappa shape index (κ3) is 3.61. The fraction of sp³-hybridized carbons (Fsp3) is 0.333. The van der Waals surface area contributed by atoms with E-state index in [1.807, 2.05) is 24.3 Å². The second kappa shape index (κ2) is 6.72. The number of halogens is 1. The average molecular weight is 288 g/mol. The van der Waals surface area contributed by atoms with Gasteiger partial charge in [0.2, 0.25) is 0 Å². The number of hydrogen-bond donors (Lipinski definition) is 1. The molecular formula is C18H21FO2. The quantitative estimate of drug-likeness (QED) is 0.897. The molecule has 0 aliphatic rings. The highest BCUT2D eigenvalue weighted by molar-refractivity contribution is 5.41. The minimum Gasteiger partial charge on any atom is -0.496 e. The zero-order valence-corrected chi connectivity index (χ0v) is 12.6. The van der Waals surface area contributed by atoms with Crippen molar-refractivity contribution in [1.29, 1.82) is 0 Å². The van der Waals surface area contributed by atoms with Crippen molar-refractivity contribution in [3.8, 4) is 5.75 Å². The molecule has 0 saturated heterocycles. The summed E-state index contributed by atoms with van der Waals surface area (Å²) in [5, 5.41) is 10.4. The summed E-state index contributed by atoms with van der Waals surface area (Å²) in [6, 6.07) is 12.2. The first-order valence-corrected chi connectivity index (χ1v) is 7.12. The van der Waals surface area contributed by atoms with Gasteiger partial charge in [0, 0.05) is 0 Å². The van der Waals surface area contributed by atoms with Crippen molar-refractivity contribution < 1.29 is 14.2 Å². The first-order chi connectivity index (χ1) is 10.0. The highest BCUT2D eigenvalue weighted by Crippen LogP contribution is 2.32. The summed E-state index contributed by atoms with van der Waals surface area (Å²) in [6.45, 7) is 4.32. The minimum absolute atomic E-state index is 0.177. The second-order valence-corrected chi connectivity index (χ2v) is 5.60. The van der Waals surface area contributed by atoms with Crippen LogP contribution < -0.4 is 4.74 Å². The minimum atomic E-state index is -1.03. The molecule has 0 radical (unpaired) electrons. The first-order valence-electron chi connectivity index (χ1n) is 7.12. The Balaban J connectivity index is 2.30. The average Bonchev–Trinajstić information content (AvgIpc) is 2.46. The van der Waals surface area contributed by atoms with E-state index in [1.54, 1.807) is 12.1 Å². The summed E-state index contributed by atoms with van der Waals surface area (Å²) in [7, 11) is 1.47. The molecule has 0 saturated carbocycles. The van der Waals surface area contributed by atoms with Crippen molar-refractivity contribution in [2.75, 3.05) is 7.11 Å². The molecule has 2 rings (SSSR count). The van der Waals surface area contributed by atoms with Gasteiger partial charge in [-0.15, -0.1) is 0 Å². The Morgan fingerprint density at radius 1 is 1.10 bits per heavy atom. The summed E-state index contributed by atoms with van der Waals surface area (Å²) in [5.74, 6) is 0.467. The van der Waals surface area contributed by atoms with Crippen LogP contribution in [0.5, 0.6) is 5.75 Å². The van der Waals surface area contributed by atoms with E-state index in [2.05, 4.69) is 13.8 Å². The number of rotatable bonds is 5. The Kier molecular flexibility index (Phi) is 4.97. The highest BCUT2D eigenvalue weighted by atomic mass is 19.1. The van der Waals surface area contributed by atoms with E-state index in [9.17, 15) is 9.50 Å². The van der Waals surface area contributed by atoms with E-state index in [0.717, 1.165) is 6.42 Å². The molecule has 3 heteroatoms. The maximum atomic E-state index is 14.0. The van der Waals surface area contributed by atoms with Crippen LogP contribution in [0.2, 0.25) is 0 Å². The second-order valence-electron chi connectivity index (χ2n) is 5.60. The number of aliphatic hydroxyl groups excluding tert-OH is 1. The predicted octanol–water partition coefficient (Wildman–Crippen LogP) is 4.11. The van der Waals surface area contributed by atoms with Gasteiger partial charge < -0.3 is 9.84 Å². The zero-order valence-electron chi connectivity index (χ0n) is 12.6. The van der Waals surface area contributed by atoms with Crippen LogP contribution in [-0.4, -0.2) is 12.2 Å². The fourth-order valence-electron chi connectivity index (χ4n) is 2.43. The number of benzene rings is 2. The van der Waals surface area contributed by atoms with Gasteiger partial charge in [-0.05, 0) is 35.6 Å². The van der Waals surface area contributed by atoms with Gasteiger partial charge >= 0.3 is 0 Å². The van der Waals surface area contributed by atoms with Crippen LogP contribution in [0.4, 0.5) is 4.39 Å². The number of methoxy groups -OCH3 is 1. The van der Waals surface area contributed by atoms with Gasteiger partial charge in [0.15, 0.2) is 0 Å². The molecular weight excluding hydrogens is 267 g/mol. The molecule has 2 aromatic carbocycles. The van der Waals surface area contributed by atoms with Crippen LogP contribution in [0.15, 0.2) is 42.5 Å². The van der Waals surface area contributed by atoms with Crippen LogP contribution in [-0.2, 0) is 6.42 Å². The van der Waals surface area contributed by atoms with Gasteiger partial charge in [0.1, 0.15) is 17.7 Å². The Bertz CT molecular complexity index is 591. The molecule has 0 spiro atoms. The molecule has 112 valence electrons. The maximum Gasteiger partial charge on any atom is 0.133 e. The molecule has 0 heterocycles. The lowest BCUT2D eigenvalue weighted by Gasteiger charge is -2.16. The molecule has 0 bridgehead atoms. The Morgan fingerprint density at radius 3 is 2.33 bits per heavy atom. The van der Waals surface area contributed by atoms with E-state index >= 15 is 0 Å². The molecule has 21 heavy (non-hydrogen) atoms. The number of aliphatic hydroxyl groups is 1. The maximum absolute atomic E-state index is 14.0. The highest BCUT2D eigenvalue weighted by Gasteiger charge is 2.19. The van der Waals surface area contributed by atoms with Gasteiger partial charge in [0.05, 0.1) is 12.7 Å². The lowest BCUT2D eigenvalue weighted by atomic mass is 9.96. The van der Waals surface area contributed by atoms with Crippen molar-refractivity contribution in [2.24, 2.45) is 5.92 Å². The molecule has 0 fully saturated rings. The van der Waals surface area contributed by atoms with Crippen LogP contribution in [0.1, 0.15) is 36.6 Å². The Labute approximate surface area is 125 Å². The molecule has 0 aromatic heterocycles. The molecule has 2 aromatic rings. The molecule has 0 aliphatic carbocycles. The molecule has 0 aliphatic heterocycles. The topological polar surface area (TPSA) is 29.5 Å². The van der Waals surface area contributed by atoms with Gasteiger partial charge in [-0.1, -0.05) is 44.2 Å². The first kappa shape index (κ1) is 15.5. The third-order valence-corrected chi connectivity index (χ3v) is 3.45. The molecule has 1 atom stereocenters. The summed E-state index contributed by atoms with van der Waals surface area (Å²) in [6.07, 6.45) is -0.0476. The monoisotopic (exact) mass is 288 g/mol. The zero-order chi connectivity index (χ0) is 15.4. The van der Waals surface area contributed by atoms with Gasteiger partial charge in [0.25, 0.3) is 0 Å². The third-order valence-electron chi connectivity index (χ3n) is 3.45.